The van der Waals surface area contributed by atoms with Crippen molar-refractivity contribution in [1.82, 2.24) is 0 Å². The number of rotatable bonds is 4. The molecule has 0 saturated heterocycles. The van der Waals surface area contributed by atoms with Crippen LogP contribution in [0.2, 0.25) is 0 Å². The van der Waals surface area contributed by atoms with Crippen LogP contribution in [0.5, 0.6) is 0 Å². The monoisotopic (exact) mass is 223 g/mol. The second-order valence-electron chi connectivity index (χ2n) is 3.00. The number of carbonyl (C=O) groups excluding carboxylic acids is 2. The molecule has 5 nitrogen and oxygen atoms in total. The molecule has 86 valence electrons. The van der Waals surface area contributed by atoms with Crippen LogP contribution in [0.3, 0.4) is 0 Å². The number of hydrogen-bond donors (Lipinski definition) is 0. The Morgan fingerprint density at radius 3 is 2.00 bits per heavy atom. The van der Waals surface area contributed by atoms with E-state index < -0.39 is 17.4 Å². The first-order valence-corrected chi connectivity index (χ1v) is 4.52. The Morgan fingerprint density at radius 1 is 1.19 bits per heavy atom. The SMILES string of the molecule is CC#CCC(CC#N)(C(=O)OC)C(=O)OC. The number of methoxy groups -OCH3 is 2. The highest BCUT2D eigenvalue weighted by Gasteiger charge is 2.48. The third-order valence-electron chi connectivity index (χ3n) is 2.10. The molecular formula is C11H13NO4. The topological polar surface area (TPSA) is 76.4 Å². The van der Waals surface area contributed by atoms with Gasteiger partial charge in [0.15, 0.2) is 5.41 Å². The minimum atomic E-state index is -1.64. The molecular weight excluding hydrogens is 210 g/mol. The maximum atomic E-state index is 11.6. The number of nitrogens with zero attached hydrogens (tertiary/aromatic N) is 1. The molecule has 0 rings (SSSR count). The van der Waals surface area contributed by atoms with Gasteiger partial charge in [-0.25, -0.2) is 0 Å². The van der Waals surface area contributed by atoms with Crippen molar-refractivity contribution >= 4 is 11.9 Å². The van der Waals surface area contributed by atoms with Gasteiger partial charge in [0.1, 0.15) is 0 Å². The van der Waals surface area contributed by atoms with Gasteiger partial charge in [0.05, 0.1) is 26.7 Å². The van der Waals surface area contributed by atoms with E-state index in [-0.39, 0.29) is 12.8 Å². The molecule has 5 heteroatoms. The lowest BCUT2D eigenvalue weighted by atomic mass is 9.81. The van der Waals surface area contributed by atoms with Gasteiger partial charge >= 0.3 is 11.9 Å². The molecule has 0 N–H and O–H groups in total. The van der Waals surface area contributed by atoms with Gasteiger partial charge in [-0.05, 0) is 6.92 Å². The average Bonchev–Trinajstić information content (AvgIpc) is 2.32. The summed E-state index contributed by atoms with van der Waals surface area (Å²) in [5, 5.41) is 8.68. The average molecular weight is 223 g/mol. The summed E-state index contributed by atoms with van der Waals surface area (Å²) in [4.78, 5) is 23.2. The van der Waals surface area contributed by atoms with Crippen molar-refractivity contribution in [3.8, 4) is 17.9 Å². The molecule has 0 bridgehead atoms. The van der Waals surface area contributed by atoms with Crippen molar-refractivity contribution < 1.29 is 19.1 Å². The van der Waals surface area contributed by atoms with E-state index in [1.807, 2.05) is 0 Å². The van der Waals surface area contributed by atoms with Gasteiger partial charge < -0.3 is 9.47 Å². The summed E-state index contributed by atoms with van der Waals surface area (Å²) in [6, 6.07) is 1.78. The van der Waals surface area contributed by atoms with Gasteiger partial charge in [-0.3, -0.25) is 9.59 Å². The van der Waals surface area contributed by atoms with Gasteiger partial charge in [0, 0.05) is 6.42 Å². The van der Waals surface area contributed by atoms with Crippen molar-refractivity contribution in [2.45, 2.75) is 19.8 Å². The second-order valence-corrected chi connectivity index (χ2v) is 3.00. The molecule has 0 saturated carbocycles. The maximum absolute atomic E-state index is 11.6. The standard InChI is InChI=1S/C11H13NO4/c1-4-5-6-11(7-8-12,9(13)15-2)10(14)16-3/h6-7H2,1-3H3. The summed E-state index contributed by atoms with van der Waals surface area (Å²) in [6.45, 7) is 1.58. The molecule has 0 radical (unpaired) electrons. The quantitative estimate of drug-likeness (QED) is 0.397. The van der Waals surface area contributed by atoms with Gasteiger partial charge in [-0.2, -0.15) is 5.26 Å². The van der Waals surface area contributed by atoms with Crippen LogP contribution in [0.1, 0.15) is 19.8 Å². The zero-order chi connectivity index (χ0) is 12.6. The van der Waals surface area contributed by atoms with Crippen LogP contribution in [-0.4, -0.2) is 26.2 Å². The first-order chi connectivity index (χ1) is 7.58. The summed E-state index contributed by atoms with van der Waals surface area (Å²) in [6.07, 6.45) is -0.405. The number of ether oxygens (including phenoxy) is 2. The van der Waals surface area contributed by atoms with Crippen molar-refractivity contribution in [1.29, 1.82) is 5.26 Å². The molecule has 0 aliphatic carbocycles. The predicted octanol–water partition coefficient (Wildman–Crippen LogP) is 0.646. The van der Waals surface area contributed by atoms with Crippen LogP contribution < -0.4 is 0 Å². The van der Waals surface area contributed by atoms with Crippen LogP contribution in [0, 0.1) is 28.6 Å². The number of esters is 2. The highest BCUT2D eigenvalue weighted by atomic mass is 16.5. The van der Waals surface area contributed by atoms with E-state index in [0.29, 0.717) is 0 Å². The fourth-order valence-corrected chi connectivity index (χ4v) is 1.20. The molecule has 0 aliphatic rings. The van der Waals surface area contributed by atoms with Crippen LogP contribution in [-0.2, 0) is 19.1 Å². The Kier molecular flexibility index (Phi) is 5.66. The van der Waals surface area contributed by atoms with Crippen molar-refractivity contribution in [3.05, 3.63) is 0 Å². The van der Waals surface area contributed by atoms with Gasteiger partial charge in [-0.15, -0.1) is 11.8 Å². The van der Waals surface area contributed by atoms with E-state index in [1.165, 1.54) is 0 Å². The fraction of sp³-hybridized carbons (Fsp3) is 0.545. The van der Waals surface area contributed by atoms with E-state index in [2.05, 4.69) is 21.3 Å². The molecule has 0 aromatic carbocycles. The van der Waals surface area contributed by atoms with E-state index in [0.717, 1.165) is 14.2 Å². The van der Waals surface area contributed by atoms with E-state index in [1.54, 1.807) is 13.0 Å². The Bertz CT molecular complexity index is 354. The molecule has 0 heterocycles. The lowest BCUT2D eigenvalue weighted by molar-refractivity contribution is -0.168. The number of nitriles is 1. The smallest absolute Gasteiger partial charge is 0.325 e. The highest BCUT2D eigenvalue weighted by Crippen LogP contribution is 2.29. The Morgan fingerprint density at radius 2 is 1.69 bits per heavy atom. The minimum Gasteiger partial charge on any atom is -0.468 e. The van der Waals surface area contributed by atoms with Crippen molar-refractivity contribution in [2.75, 3.05) is 14.2 Å². The Labute approximate surface area is 94.3 Å². The Hall–Kier alpha value is -2.01. The minimum absolute atomic E-state index is 0.0869. The fourth-order valence-electron chi connectivity index (χ4n) is 1.20. The Balaban J connectivity index is 5.35. The van der Waals surface area contributed by atoms with Crippen LogP contribution in [0.25, 0.3) is 0 Å². The first-order valence-electron chi connectivity index (χ1n) is 4.52. The predicted molar refractivity (Wildman–Crippen MR) is 54.8 cm³/mol. The van der Waals surface area contributed by atoms with Gasteiger partial charge in [0.25, 0.3) is 0 Å². The molecule has 0 aliphatic heterocycles. The van der Waals surface area contributed by atoms with Crippen molar-refractivity contribution in [2.24, 2.45) is 5.41 Å². The highest BCUT2D eigenvalue weighted by molar-refractivity contribution is 6.00. The van der Waals surface area contributed by atoms with Crippen molar-refractivity contribution in [3.63, 3.8) is 0 Å². The number of carbonyl (C=O) groups is 2. The summed E-state index contributed by atoms with van der Waals surface area (Å²) >= 11 is 0. The zero-order valence-electron chi connectivity index (χ0n) is 9.49. The van der Waals surface area contributed by atoms with Gasteiger partial charge in [0.2, 0.25) is 0 Å². The third-order valence-corrected chi connectivity index (χ3v) is 2.10. The molecule has 16 heavy (non-hydrogen) atoms. The summed E-state index contributed by atoms with van der Waals surface area (Å²) < 4.78 is 9.06. The number of hydrogen-bond acceptors (Lipinski definition) is 5. The first kappa shape index (κ1) is 14.0. The van der Waals surface area contributed by atoms with Crippen LogP contribution >= 0.6 is 0 Å². The molecule has 0 unspecified atom stereocenters. The lowest BCUT2D eigenvalue weighted by Crippen LogP contribution is -2.40. The molecule has 0 spiro atoms. The van der Waals surface area contributed by atoms with E-state index >= 15 is 0 Å². The summed E-state index contributed by atoms with van der Waals surface area (Å²) in [5.74, 6) is 3.56. The molecule has 0 amide bonds. The lowest BCUT2D eigenvalue weighted by Gasteiger charge is -2.23. The van der Waals surface area contributed by atoms with Crippen LogP contribution in [0.4, 0.5) is 0 Å². The second kappa shape index (κ2) is 6.47. The van der Waals surface area contributed by atoms with E-state index in [4.69, 9.17) is 5.26 Å². The zero-order valence-corrected chi connectivity index (χ0v) is 9.49. The maximum Gasteiger partial charge on any atom is 0.325 e. The molecule has 0 atom stereocenters. The largest absolute Gasteiger partial charge is 0.468 e. The molecule has 0 aromatic heterocycles. The van der Waals surface area contributed by atoms with Crippen LogP contribution in [0.15, 0.2) is 0 Å². The van der Waals surface area contributed by atoms with E-state index in [9.17, 15) is 9.59 Å². The third kappa shape index (κ3) is 2.74. The summed E-state index contributed by atoms with van der Waals surface area (Å²) in [7, 11) is 2.30. The molecule has 0 fully saturated rings. The summed E-state index contributed by atoms with van der Waals surface area (Å²) in [5.41, 5.74) is -1.64. The molecule has 0 aromatic rings. The normalized spacial score (nSPS) is 9.38. The van der Waals surface area contributed by atoms with Gasteiger partial charge in [-0.1, -0.05) is 0 Å².